The zero-order valence-electron chi connectivity index (χ0n) is 11.8. The molecular weight excluding hydrogens is 292 g/mol. The zero-order valence-corrected chi connectivity index (χ0v) is 12.6. The number of hydrogen-bond donors (Lipinski definition) is 0. The van der Waals surface area contributed by atoms with Crippen LogP contribution in [0.3, 0.4) is 0 Å². The molecule has 6 nitrogen and oxygen atoms in total. The number of hydrogen-bond acceptors (Lipinski definition) is 4. The first kappa shape index (κ1) is 14.3. The molecule has 1 aliphatic rings. The fraction of sp³-hybridized carbons (Fsp3) is 0.500. The van der Waals surface area contributed by atoms with Crippen molar-refractivity contribution in [2.45, 2.75) is 26.4 Å². The standard InChI is InChI=1S/C14H17ClN4O2/c1-2-14(9-21-10-14)8-19-7-12(16-17-19)6-18-5-11(15)3-4-13(18)20/h3-5,7H,2,6,8-10H2,1H3. The summed E-state index contributed by atoms with van der Waals surface area (Å²) in [6.07, 6.45) is 4.54. The van der Waals surface area contributed by atoms with Crippen LogP contribution in [-0.4, -0.2) is 32.8 Å². The van der Waals surface area contributed by atoms with E-state index in [0.29, 0.717) is 11.6 Å². The summed E-state index contributed by atoms with van der Waals surface area (Å²) in [4.78, 5) is 11.7. The molecule has 0 atom stereocenters. The number of nitrogens with zero attached hydrogens (tertiary/aromatic N) is 4. The van der Waals surface area contributed by atoms with Crippen LogP contribution in [0.1, 0.15) is 19.0 Å². The Morgan fingerprint density at radius 1 is 1.38 bits per heavy atom. The van der Waals surface area contributed by atoms with Crippen LogP contribution in [0.15, 0.2) is 29.3 Å². The van der Waals surface area contributed by atoms with Crippen molar-refractivity contribution in [1.82, 2.24) is 19.6 Å². The summed E-state index contributed by atoms with van der Waals surface area (Å²) in [6.45, 7) is 4.86. The van der Waals surface area contributed by atoms with Gasteiger partial charge in [-0.1, -0.05) is 23.7 Å². The molecule has 0 bridgehead atoms. The molecule has 0 saturated carbocycles. The summed E-state index contributed by atoms with van der Waals surface area (Å²) in [7, 11) is 0. The third-order valence-electron chi connectivity index (χ3n) is 3.93. The number of rotatable bonds is 5. The van der Waals surface area contributed by atoms with Crippen LogP contribution in [0.5, 0.6) is 0 Å². The van der Waals surface area contributed by atoms with Gasteiger partial charge in [-0.3, -0.25) is 9.48 Å². The third-order valence-corrected chi connectivity index (χ3v) is 4.15. The lowest BCUT2D eigenvalue weighted by molar-refractivity contribution is -0.125. The second-order valence-electron chi connectivity index (χ2n) is 5.57. The maximum atomic E-state index is 11.7. The number of halogens is 1. The molecule has 1 saturated heterocycles. The summed E-state index contributed by atoms with van der Waals surface area (Å²) < 4.78 is 8.67. The van der Waals surface area contributed by atoms with Crippen LogP contribution in [0.25, 0.3) is 0 Å². The van der Waals surface area contributed by atoms with Gasteiger partial charge in [-0.2, -0.15) is 0 Å². The molecule has 0 spiro atoms. The lowest BCUT2D eigenvalue weighted by atomic mass is 9.83. The Balaban J connectivity index is 1.73. The van der Waals surface area contributed by atoms with Gasteiger partial charge in [-0.25, -0.2) is 0 Å². The molecule has 21 heavy (non-hydrogen) atoms. The van der Waals surface area contributed by atoms with E-state index in [-0.39, 0.29) is 11.0 Å². The second-order valence-corrected chi connectivity index (χ2v) is 6.00. The first-order chi connectivity index (χ1) is 10.1. The predicted molar refractivity (Wildman–Crippen MR) is 78.4 cm³/mol. The van der Waals surface area contributed by atoms with E-state index in [1.807, 2.05) is 10.9 Å². The van der Waals surface area contributed by atoms with E-state index in [0.717, 1.165) is 31.9 Å². The smallest absolute Gasteiger partial charge is 0.250 e. The van der Waals surface area contributed by atoms with E-state index < -0.39 is 0 Å². The van der Waals surface area contributed by atoms with Crippen molar-refractivity contribution < 1.29 is 4.74 Å². The normalized spacial score (nSPS) is 16.7. The van der Waals surface area contributed by atoms with Gasteiger partial charge in [-0.05, 0) is 12.5 Å². The summed E-state index contributed by atoms with van der Waals surface area (Å²) in [5.41, 5.74) is 0.815. The molecule has 2 aromatic heterocycles. The van der Waals surface area contributed by atoms with Crippen LogP contribution in [0.4, 0.5) is 0 Å². The fourth-order valence-corrected chi connectivity index (χ4v) is 2.61. The number of aromatic nitrogens is 4. The average molecular weight is 309 g/mol. The Kier molecular flexibility index (Phi) is 3.82. The van der Waals surface area contributed by atoms with Crippen LogP contribution in [0.2, 0.25) is 5.02 Å². The van der Waals surface area contributed by atoms with Crippen molar-refractivity contribution in [3.63, 3.8) is 0 Å². The maximum Gasteiger partial charge on any atom is 0.250 e. The Hall–Kier alpha value is -1.66. The fourth-order valence-electron chi connectivity index (χ4n) is 2.43. The maximum absolute atomic E-state index is 11.7. The van der Waals surface area contributed by atoms with E-state index in [1.165, 1.54) is 10.6 Å². The molecule has 0 radical (unpaired) electrons. The average Bonchev–Trinajstić information content (AvgIpc) is 2.85. The van der Waals surface area contributed by atoms with Crippen molar-refractivity contribution in [1.29, 1.82) is 0 Å². The lowest BCUT2D eigenvalue weighted by Crippen LogP contribution is -2.45. The van der Waals surface area contributed by atoms with Gasteiger partial charge in [0.1, 0.15) is 5.69 Å². The van der Waals surface area contributed by atoms with E-state index in [1.54, 1.807) is 12.3 Å². The van der Waals surface area contributed by atoms with Gasteiger partial charge in [0.25, 0.3) is 5.56 Å². The van der Waals surface area contributed by atoms with E-state index in [4.69, 9.17) is 16.3 Å². The van der Waals surface area contributed by atoms with E-state index in [2.05, 4.69) is 17.2 Å². The Morgan fingerprint density at radius 3 is 2.86 bits per heavy atom. The minimum atomic E-state index is -0.105. The Labute approximate surface area is 127 Å². The van der Waals surface area contributed by atoms with Gasteiger partial charge in [0, 0.05) is 17.7 Å². The first-order valence-corrected chi connectivity index (χ1v) is 7.31. The van der Waals surface area contributed by atoms with Crippen molar-refractivity contribution in [2.24, 2.45) is 5.41 Å². The SMILES string of the molecule is CCC1(Cn2cc(Cn3cc(Cl)ccc3=O)nn2)COC1. The van der Waals surface area contributed by atoms with Crippen molar-refractivity contribution >= 4 is 11.6 Å². The second kappa shape index (κ2) is 5.61. The quantitative estimate of drug-likeness (QED) is 0.841. The highest BCUT2D eigenvalue weighted by Crippen LogP contribution is 2.32. The van der Waals surface area contributed by atoms with Crippen molar-refractivity contribution in [3.05, 3.63) is 45.6 Å². The molecule has 0 amide bonds. The Bertz CT molecular complexity index is 685. The molecule has 0 aliphatic carbocycles. The molecular formula is C14H17ClN4O2. The van der Waals surface area contributed by atoms with Crippen molar-refractivity contribution in [3.8, 4) is 0 Å². The van der Waals surface area contributed by atoms with Crippen LogP contribution in [0, 0.1) is 5.41 Å². The van der Waals surface area contributed by atoms with Crippen LogP contribution >= 0.6 is 11.6 Å². The summed E-state index contributed by atoms with van der Waals surface area (Å²) in [5.74, 6) is 0. The van der Waals surface area contributed by atoms with Gasteiger partial charge in [-0.15, -0.1) is 5.10 Å². The van der Waals surface area contributed by atoms with Gasteiger partial charge in [0.05, 0.1) is 37.5 Å². The van der Waals surface area contributed by atoms with E-state index in [9.17, 15) is 4.79 Å². The molecule has 3 heterocycles. The summed E-state index contributed by atoms with van der Waals surface area (Å²) in [5, 5.41) is 8.80. The lowest BCUT2D eigenvalue weighted by Gasteiger charge is -2.40. The molecule has 0 unspecified atom stereocenters. The summed E-state index contributed by atoms with van der Waals surface area (Å²) in [6, 6.07) is 3.03. The van der Waals surface area contributed by atoms with Gasteiger partial charge in [0.15, 0.2) is 0 Å². The van der Waals surface area contributed by atoms with Gasteiger partial charge >= 0.3 is 0 Å². The number of ether oxygens (including phenoxy) is 1. The molecule has 1 fully saturated rings. The Morgan fingerprint density at radius 2 is 2.19 bits per heavy atom. The third kappa shape index (κ3) is 3.01. The highest BCUT2D eigenvalue weighted by Gasteiger charge is 2.37. The minimum Gasteiger partial charge on any atom is -0.380 e. The largest absolute Gasteiger partial charge is 0.380 e. The topological polar surface area (TPSA) is 61.9 Å². The van der Waals surface area contributed by atoms with Crippen LogP contribution < -0.4 is 5.56 Å². The molecule has 2 aromatic rings. The molecule has 112 valence electrons. The predicted octanol–water partition coefficient (Wildman–Crippen LogP) is 1.57. The number of pyridine rings is 1. The molecule has 7 heteroatoms. The molecule has 3 rings (SSSR count). The summed E-state index contributed by atoms with van der Waals surface area (Å²) >= 11 is 5.91. The highest BCUT2D eigenvalue weighted by atomic mass is 35.5. The van der Waals surface area contributed by atoms with Gasteiger partial charge < -0.3 is 9.30 Å². The minimum absolute atomic E-state index is 0.105. The van der Waals surface area contributed by atoms with E-state index >= 15 is 0 Å². The first-order valence-electron chi connectivity index (χ1n) is 6.93. The van der Waals surface area contributed by atoms with Crippen molar-refractivity contribution in [2.75, 3.05) is 13.2 Å². The molecule has 0 N–H and O–H groups in total. The highest BCUT2D eigenvalue weighted by molar-refractivity contribution is 6.30. The van der Waals surface area contributed by atoms with Gasteiger partial charge in [0.2, 0.25) is 0 Å². The van der Waals surface area contributed by atoms with Crippen LogP contribution in [-0.2, 0) is 17.8 Å². The molecule has 1 aliphatic heterocycles. The molecule has 0 aromatic carbocycles. The monoisotopic (exact) mass is 308 g/mol. The zero-order chi connectivity index (χ0) is 14.9.